The topological polar surface area (TPSA) is 128 Å². The van der Waals surface area contributed by atoms with Crippen LogP contribution in [0.3, 0.4) is 0 Å². The summed E-state index contributed by atoms with van der Waals surface area (Å²) in [5, 5.41) is 8.87. The van der Waals surface area contributed by atoms with Crippen LogP contribution in [0.4, 0.5) is 0 Å². The first-order valence-corrected chi connectivity index (χ1v) is 11.8. The lowest BCUT2D eigenvalue weighted by Crippen LogP contribution is -2.36. The number of rotatable bonds is 10. The Hall–Kier alpha value is -1.64. The highest BCUT2D eigenvalue weighted by molar-refractivity contribution is 7.44. The van der Waals surface area contributed by atoms with Gasteiger partial charge in [-0.25, -0.2) is 9.46 Å². The molecule has 2 aliphatic heterocycles. The predicted octanol–water partition coefficient (Wildman–Crippen LogP) is 1.86. The molecule has 6 atom stereocenters. The van der Waals surface area contributed by atoms with Crippen molar-refractivity contribution in [2.75, 3.05) is 13.2 Å². The lowest BCUT2D eigenvalue weighted by atomic mass is 10.1. The van der Waals surface area contributed by atoms with Gasteiger partial charge in [0, 0.05) is 24.3 Å². The number of nitriles is 1. The van der Waals surface area contributed by atoms with Crippen LogP contribution in [0, 0.1) is 11.3 Å². The molecule has 0 spiro atoms. The van der Waals surface area contributed by atoms with Crippen LogP contribution in [-0.2, 0) is 23.3 Å². The number of hydrogen-bond donors (Lipinski definition) is 1. The van der Waals surface area contributed by atoms with Crippen molar-refractivity contribution in [1.29, 1.82) is 5.26 Å². The molecule has 3 unspecified atom stereocenters. The Morgan fingerprint density at radius 1 is 1.19 bits per heavy atom. The van der Waals surface area contributed by atoms with Crippen molar-refractivity contribution >= 4 is 8.53 Å². The minimum Gasteiger partial charge on any atom is -0.346 e. The third kappa shape index (κ3) is 5.64. The van der Waals surface area contributed by atoms with E-state index in [0.717, 1.165) is 0 Å². The first-order valence-electron chi connectivity index (χ1n) is 10.7. The Morgan fingerprint density at radius 2 is 1.88 bits per heavy atom. The molecular formula is C20H31N4O7P. The van der Waals surface area contributed by atoms with E-state index in [1.165, 1.54) is 16.8 Å². The molecule has 2 aliphatic rings. The summed E-state index contributed by atoms with van der Waals surface area (Å²) in [5.74, 6) is 0. The highest BCUT2D eigenvalue weighted by Gasteiger charge is 2.53. The van der Waals surface area contributed by atoms with Crippen molar-refractivity contribution in [2.24, 2.45) is 0 Å². The molecule has 0 aliphatic carbocycles. The number of aromatic nitrogens is 2. The standard InChI is InChI=1S/C20H31N4O7P/c1-12(2)24(13(3)4)32(27-10-6-8-21)28-11-15-17-18(30-14(5)29-17)19(31-15)23-9-7-16(25)22-20(23)26/h7,9,12-15,17-19H,6,10-11H2,1-5H3,(H,22,25,26)/t14-,15+,17?,18?,19+,32?/m0/s1. The average molecular weight is 470 g/mol. The van der Waals surface area contributed by atoms with Crippen LogP contribution in [0.25, 0.3) is 0 Å². The summed E-state index contributed by atoms with van der Waals surface area (Å²) in [6, 6.07) is 3.67. The number of nitrogens with zero attached hydrogens (tertiary/aromatic N) is 3. The van der Waals surface area contributed by atoms with E-state index in [9.17, 15) is 9.59 Å². The normalized spacial score (nSPS) is 28.4. The van der Waals surface area contributed by atoms with E-state index >= 15 is 0 Å². The van der Waals surface area contributed by atoms with Gasteiger partial charge in [0.2, 0.25) is 0 Å². The zero-order valence-corrected chi connectivity index (χ0v) is 19.9. The fourth-order valence-electron chi connectivity index (χ4n) is 3.93. The number of aromatic amines is 1. The molecule has 1 aromatic heterocycles. The maximum absolute atomic E-state index is 12.3. The van der Waals surface area contributed by atoms with Crippen LogP contribution in [0.2, 0.25) is 0 Å². The van der Waals surface area contributed by atoms with E-state index in [2.05, 4.69) is 43.4 Å². The molecule has 1 N–H and O–H groups in total. The minimum absolute atomic E-state index is 0.153. The molecule has 11 nitrogen and oxygen atoms in total. The van der Waals surface area contributed by atoms with E-state index in [0.29, 0.717) is 0 Å². The van der Waals surface area contributed by atoms with E-state index in [-0.39, 0.29) is 31.7 Å². The zero-order valence-electron chi connectivity index (χ0n) is 19.0. The van der Waals surface area contributed by atoms with Crippen molar-refractivity contribution in [3.05, 3.63) is 33.1 Å². The Morgan fingerprint density at radius 3 is 2.50 bits per heavy atom. The van der Waals surface area contributed by atoms with Gasteiger partial charge >= 0.3 is 5.69 Å². The molecule has 2 fully saturated rings. The van der Waals surface area contributed by atoms with Gasteiger partial charge in [-0.05, 0) is 34.6 Å². The number of nitrogens with one attached hydrogen (secondary N) is 1. The van der Waals surface area contributed by atoms with Crippen molar-refractivity contribution in [3.8, 4) is 6.07 Å². The van der Waals surface area contributed by atoms with Gasteiger partial charge < -0.3 is 23.3 Å². The smallest absolute Gasteiger partial charge is 0.330 e. The van der Waals surface area contributed by atoms with Crippen molar-refractivity contribution in [1.82, 2.24) is 14.2 Å². The molecule has 0 amide bonds. The van der Waals surface area contributed by atoms with Crippen LogP contribution in [-0.4, -0.2) is 64.1 Å². The number of fused-ring (bicyclic) bond motifs is 1. The van der Waals surface area contributed by atoms with Crippen molar-refractivity contribution in [3.63, 3.8) is 0 Å². The van der Waals surface area contributed by atoms with Crippen LogP contribution < -0.4 is 11.2 Å². The van der Waals surface area contributed by atoms with Gasteiger partial charge in [-0.15, -0.1) is 0 Å². The second-order valence-electron chi connectivity index (χ2n) is 8.19. The third-order valence-electron chi connectivity index (χ3n) is 5.12. The number of hydrogen-bond acceptors (Lipinski definition) is 9. The molecule has 0 bridgehead atoms. The molecule has 3 rings (SSSR count). The largest absolute Gasteiger partial charge is 0.346 e. The summed E-state index contributed by atoms with van der Waals surface area (Å²) in [7, 11) is -1.45. The second kappa shape index (κ2) is 11.0. The number of H-pyrrole nitrogens is 1. The molecule has 178 valence electrons. The first-order chi connectivity index (χ1) is 15.2. The molecule has 0 radical (unpaired) electrons. The Kier molecular flexibility index (Phi) is 8.58. The summed E-state index contributed by atoms with van der Waals surface area (Å²) < 4.78 is 33.4. The lowest BCUT2D eigenvalue weighted by molar-refractivity contribution is -0.144. The lowest BCUT2D eigenvalue weighted by Gasteiger charge is -2.36. The number of ether oxygens (including phenoxy) is 3. The van der Waals surface area contributed by atoms with Crippen LogP contribution in [0.5, 0.6) is 0 Å². The molecule has 0 aromatic carbocycles. The predicted molar refractivity (Wildman–Crippen MR) is 116 cm³/mol. The highest BCUT2D eigenvalue weighted by Crippen LogP contribution is 2.47. The van der Waals surface area contributed by atoms with Crippen LogP contribution >= 0.6 is 8.53 Å². The molecule has 0 saturated carbocycles. The van der Waals surface area contributed by atoms with E-state index in [1.807, 2.05) is 0 Å². The molecule has 1 aromatic rings. The van der Waals surface area contributed by atoms with Crippen molar-refractivity contribution < 1.29 is 23.3 Å². The second-order valence-corrected chi connectivity index (χ2v) is 9.65. The summed E-state index contributed by atoms with van der Waals surface area (Å²) in [4.78, 5) is 26.0. The maximum atomic E-state index is 12.3. The summed E-state index contributed by atoms with van der Waals surface area (Å²) in [5.41, 5.74) is -1.07. The quantitative estimate of drug-likeness (QED) is 0.402. The minimum atomic E-state index is -1.45. The fraction of sp³-hybridized carbons (Fsp3) is 0.750. The fourth-order valence-corrected chi connectivity index (χ4v) is 5.55. The van der Waals surface area contributed by atoms with Gasteiger partial charge in [0.1, 0.15) is 18.3 Å². The molecule has 3 heterocycles. The molecule has 32 heavy (non-hydrogen) atoms. The highest BCUT2D eigenvalue weighted by atomic mass is 31.2. The Balaban J connectivity index is 1.76. The van der Waals surface area contributed by atoms with Crippen molar-refractivity contribution in [2.45, 2.75) is 84.0 Å². The Bertz CT molecular complexity index is 906. The van der Waals surface area contributed by atoms with Crippen LogP contribution in [0.1, 0.15) is 47.3 Å². The summed E-state index contributed by atoms with van der Waals surface area (Å²) in [6.45, 7) is 10.4. The zero-order chi connectivity index (χ0) is 23.4. The molecule has 12 heteroatoms. The van der Waals surface area contributed by atoms with E-state index < -0.39 is 50.6 Å². The molecular weight excluding hydrogens is 439 g/mol. The van der Waals surface area contributed by atoms with Crippen LogP contribution in [0.15, 0.2) is 21.9 Å². The van der Waals surface area contributed by atoms with Gasteiger partial charge in [-0.2, -0.15) is 5.26 Å². The first kappa shape index (κ1) is 25.0. The molecule has 2 saturated heterocycles. The van der Waals surface area contributed by atoms with E-state index in [1.54, 1.807) is 6.92 Å². The van der Waals surface area contributed by atoms with Gasteiger partial charge in [0.05, 0.1) is 25.7 Å². The SMILES string of the molecule is CC(C)N(C(C)C)P(OCCC#N)OC[C@H]1O[C@@H](n2ccc(=O)[nH]c2=O)C2O[C@@H](C)OC21. The van der Waals surface area contributed by atoms with Gasteiger partial charge in [0.15, 0.2) is 12.5 Å². The summed E-state index contributed by atoms with van der Waals surface area (Å²) >= 11 is 0. The third-order valence-corrected chi connectivity index (χ3v) is 7.19. The average Bonchev–Trinajstić information content (AvgIpc) is 3.23. The maximum Gasteiger partial charge on any atom is 0.330 e. The van der Waals surface area contributed by atoms with Gasteiger partial charge in [-0.3, -0.25) is 14.3 Å². The monoisotopic (exact) mass is 470 g/mol. The Labute approximate surface area is 188 Å². The van der Waals surface area contributed by atoms with Gasteiger partial charge in [-0.1, -0.05) is 0 Å². The summed E-state index contributed by atoms with van der Waals surface area (Å²) in [6.07, 6.45) is -1.07. The van der Waals surface area contributed by atoms with Gasteiger partial charge in [0.25, 0.3) is 14.1 Å². The van der Waals surface area contributed by atoms with E-state index in [4.69, 9.17) is 28.5 Å².